The molecule has 2 heterocycles. The molecule has 0 amide bonds. The van der Waals surface area contributed by atoms with Gasteiger partial charge in [-0.15, -0.1) is 0 Å². The second-order valence-corrected chi connectivity index (χ2v) is 5.48. The molecule has 1 aromatic carbocycles. The average Bonchev–Trinajstić information content (AvgIpc) is 2.97. The highest BCUT2D eigenvalue weighted by molar-refractivity contribution is 9.10. The summed E-state index contributed by atoms with van der Waals surface area (Å²) < 4.78 is 14.3. The van der Waals surface area contributed by atoms with Gasteiger partial charge in [-0.05, 0) is 18.2 Å². The summed E-state index contributed by atoms with van der Waals surface area (Å²) in [6.07, 6.45) is 3.64. The van der Waals surface area contributed by atoms with E-state index in [4.69, 9.17) is 9.47 Å². The zero-order valence-electron chi connectivity index (χ0n) is 11.2. The Morgan fingerprint density at radius 3 is 3.15 bits per heavy atom. The van der Waals surface area contributed by atoms with Crippen molar-refractivity contribution in [3.63, 3.8) is 0 Å². The Morgan fingerprint density at radius 1 is 1.50 bits per heavy atom. The Kier molecular flexibility index (Phi) is 4.05. The first-order valence-electron chi connectivity index (χ1n) is 6.48. The number of ether oxygens (including phenoxy) is 2. The number of rotatable bonds is 3. The molecule has 0 bridgehead atoms. The number of hydrogen-bond donors (Lipinski definition) is 1. The van der Waals surface area contributed by atoms with Gasteiger partial charge < -0.3 is 14.8 Å². The van der Waals surface area contributed by atoms with E-state index in [2.05, 4.69) is 26.2 Å². The lowest BCUT2D eigenvalue weighted by atomic mass is 10.2. The van der Waals surface area contributed by atoms with Crippen LogP contribution in [0, 0.1) is 0 Å². The SMILES string of the molecule is COc1ccc(Br)cc1-n1cncc1C1CNCCO1. The van der Waals surface area contributed by atoms with Gasteiger partial charge in [0.05, 0.1) is 37.6 Å². The van der Waals surface area contributed by atoms with Crippen molar-refractivity contribution in [1.82, 2.24) is 14.9 Å². The van der Waals surface area contributed by atoms with E-state index in [0.717, 1.165) is 34.7 Å². The van der Waals surface area contributed by atoms with Gasteiger partial charge in [-0.1, -0.05) is 15.9 Å². The summed E-state index contributed by atoms with van der Waals surface area (Å²) >= 11 is 3.50. The highest BCUT2D eigenvalue weighted by Gasteiger charge is 2.21. The van der Waals surface area contributed by atoms with E-state index in [1.165, 1.54) is 0 Å². The number of benzene rings is 1. The third-order valence-corrected chi connectivity index (χ3v) is 3.82. The van der Waals surface area contributed by atoms with Crippen molar-refractivity contribution in [1.29, 1.82) is 0 Å². The number of nitrogens with one attached hydrogen (secondary N) is 1. The molecule has 1 aliphatic heterocycles. The zero-order chi connectivity index (χ0) is 13.9. The minimum Gasteiger partial charge on any atom is -0.495 e. The predicted molar refractivity (Wildman–Crippen MR) is 79.4 cm³/mol. The molecule has 106 valence electrons. The molecule has 1 aliphatic rings. The van der Waals surface area contributed by atoms with Crippen molar-refractivity contribution in [2.75, 3.05) is 26.8 Å². The van der Waals surface area contributed by atoms with Gasteiger partial charge in [0.1, 0.15) is 11.9 Å². The van der Waals surface area contributed by atoms with E-state index in [1.807, 2.05) is 29.0 Å². The van der Waals surface area contributed by atoms with Crippen LogP contribution in [0.25, 0.3) is 5.69 Å². The summed E-state index contributed by atoms with van der Waals surface area (Å²) in [5, 5.41) is 3.34. The molecule has 1 atom stereocenters. The van der Waals surface area contributed by atoms with Gasteiger partial charge in [-0.2, -0.15) is 0 Å². The molecule has 0 radical (unpaired) electrons. The van der Waals surface area contributed by atoms with Crippen LogP contribution in [0.4, 0.5) is 0 Å². The van der Waals surface area contributed by atoms with Gasteiger partial charge >= 0.3 is 0 Å². The third-order valence-electron chi connectivity index (χ3n) is 3.33. The largest absolute Gasteiger partial charge is 0.495 e. The summed E-state index contributed by atoms with van der Waals surface area (Å²) in [5.74, 6) is 0.802. The topological polar surface area (TPSA) is 48.3 Å². The Balaban J connectivity index is 2.02. The predicted octanol–water partition coefficient (Wildman–Crippen LogP) is 2.30. The molecule has 0 spiro atoms. The fraction of sp³-hybridized carbons (Fsp3) is 0.357. The minimum absolute atomic E-state index is 0.00920. The number of aromatic nitrogens is 2. The summed E-state index contributed by atoms with van der Waals surface area (Å²) in [5.41, 5.74) is 1.97. The minimum atomic E-state index is 0.00920. The molecule has 6 heteroatoms. The summed E-state index contributed by atoms with van der Waals surface area (Å²) in [4.78, 5) is 4.26. The zero-order valence-corrected chi connectivity index (χ0v) is 12.8. The lowest BCUT2D eigenvalue weighted by molar-refractivity contribution is 0.0240. The Hall–Kier alpha value is -1.37. The highest BCUT2D eigenvalue weighted by atomic mass is 79.9. The van der Waals surface area contributed by atoms with Crippen LogP contribution in [0.15, 0.2) is 35.2 Å². The lowest BCUT2D eigenvalue weighted by Crippen LogP contribution is -2.34. The number of imidazole rings is 1. The van der Waals surface area contributed by atoms with Crippen LogP contribution >= 0.6 is 15.9 Å². The maximum atomic E-state index is 5.81. The highest BCUT2D eigenvalue weighted by Crippen LogP contribution is 2.30. The van der Waals surface area contributed by atoms with E-state index in [9.17, 15) is 0 Å². The van der Waals surface area contributed by atoms with Crippen molar-refractivity contribution in [3.05, 3.63) is 40.9 Å². The number of morpholine rings is 1. The van der Waals surface area contributed by atoms with Crippen molar-refractivity contribution in [2.45, 2.75) is 6.10 Å². The van der Waals surface area contributed by atoms with E-state index in [0.29, 0.717) is 6.61 Å². The summed E-state index contributed by atoms with van der Waals surface area (Å²) in [6, 6.07) is 5.90. The second kappa shape index (κ2) is 5.95. The van der Waals surface area contributed by atoms with E-state index < -0.39 is 0 Å². The smallest absolute Gasteiger partial charge is 0.142 e. The Bertz CT molecular complexity index is 594. The summed E-state index contributed by atoms with van der Waals surface area (Å²) in [6.45, 7) is 2.40. The first kappa shape index (κ1) is 13.6. The molecule has 20 heavy (non-hydrogen) atoms. The molecule has 1 saturated heterocycles. The van der Waals surface area contributed by atoms with Gasteiger partial charge in [-0.25, -0.2) is 4.98 Å². The third kappa shape index (κ3) is 2.59. The van der Waals surface area contributed by atoms with Crippen LogP contribution in [-0.2, 0) is 4.74 Å². The van der Waals surface area contributed by atoms with Crippen molar-refractivity contribution in [2.24, 2.45) is 0 Å². The summed E-state index contributed by atoms with van der Waals surface area (Å²) in [7, 11) is 1.67. The normalized spacial score (nSPS) is 19.0. The maximum absolute atomic E-state index is 5.81. The van der Waals surface area contributed by atoms with E-state index >= 15 is 0 Å². The molecule has 2 aromatic rings. The van der Waals surface area contributed by atoms with Crippen molar-refractivity contribution >= 4 is 15.9 Å². The van der Waals surface area contributed by atoms with Crippen LogP contribution in [0.5, 0.6) is 5.75 Å². The molecule has 1 N–H and O–H groups in total. The molecule has 0 saturated carbocycles. The van der Waals surface area contributed by atoms with Gasteiger partial charge in [0.15, 0.2) is 0 Å². The molecule has 1 unspecified atom stereocenters. The molecule has 5 nitrogen and oxygen atoms in total. The molecule has 0 aliphatic carbocycles. The number of halogens is 1. The van der Waals surface area contributed by atoms with Crippen molar-refractivity contribution < 1.29 is 9.47 Å². The molecule has 3 rings (SSSR count). The van der Waals surface area contributed by atoms with Gasteiger partial charge in [0.2, 0.25) is 0 Å². The van der Waals surface area contributed by atoms with Crippen molar-refractivity contribution in [3.8, 4) is 11.4 Å². The Labute approximate surface area is 126 Å². The monoisotopic (exact) mass is 337 g/mol. The van der Waals surface area contributed by atoms with E-state index in [1.54, 1.807) is 13.4 Å². The molecular weight excluding hydrogens is 322 g/mol. The second-order valence-electron chi connectivity index (χ2n) is 4.57. The van der Waals surface area contributed by atoms with Gasteiger partial charge in [0.25, 0.3) is 0 Å². The average molecular weight is 338 g/mol. The van der Waals surface area contributed by atoms with Crippen LogP contribution < -0.4 is 10.1 Å². The van der Waals surface area contributed by atoms with Gasteiger partial charge in [-0.3, -0.25) is 4.57 Å². The van der Waals surface area contributed by atoms with Crippen LogP contribution in [0.2, 0.25) is 0 Å². The molecule has 1 fully saturated rings. The first-order chi connectivity index (χ1) is 9.79. The van der Waals surface area contributed by atoms with Crippen LogP contribution in [0.1, 0.15) is 11.8 Å². The number of nitrogens with zero attached hydrogens (tertiary/aromatic N) is 2. The fourth-order valence-corrected chi connectivity index (χ4v) is 2.70. The Morgan fingerprint density at radius 2 is 2.40 bits per heavy atom. The molecular formula is C14H16BrN3O2. The quantitative estimate of drug-likeness (QED) is 0.933. The van der Waals surface area contributed by atoms with E-state index in [-0.39, 0.29) is 6.10 Å². The van der Waals surface area contributed by atoms with Gasteiger partial charge in [0, 0.05) is 17.6 Å². The number of methoxy groups -OCH3 is 1. The fourth-order valence-electron chi connectivity index (χ4n) is 2.35. The standard InChI is InChI=1S/C14H16BrN3O2/c1-19-13-3-2-10(15)6-11(13)18-9-17-7-12(18)14-8-16-4-5-20-14/h2-3,6-7,9,14,16H,4-5,8H2,1H3. The lowest BCUT2D eigenvalue weighted by Gasteiger charge is -2.25. The maximum Gasteiger partial charge on any atom is 0.142 e. The van der Waals surface area contributed by atoms with Crippen LogP contribution in [0.3, 0.4) is 0 Å². The van der Waals surface area contributed by atoms with Crippen LogP contribution in [-0.4, -0.2) is 36.4 Å². The molecule has 1 aromatic heterocycles. The first-order valence-corrected chi connectivity index (χ1v) is 7.27. The number of hydrogen-bond acceptors (Lipinski definition) is 4.